The topological polar surface area (TPSA) is 36.4 Å². The molecule has 0 spiro atoms. The van der Waals surface area contributed by atoms with Crippen molar-refractivity contribution in [3.8, 4) is 0 Å². The highest BCUT2D eigenvalue weighted by atomic mass is 16.2. The van der Waals surface area contributed by atoms with Gasteiger partial charge >= 0.3 is 0 Å². The Hall–Kier alpha value is -1.42. The lowest BCUT2D eigenvalue weighted by Gasteiger charge is -2.35. The van der Waals surface area contributed by atoms with Gasteiger partial charge in [0, 0.05) is 50.4 Å². The number of carbonyl (C=O) groups excluding carboxylic acids is 1. The summed E-state index contributed by atoms with van der Waals surface area (Å²) in [5, 5.41) is 0. The molecule has 122 valence electrons. The van der Waals surface area contributed by atoms with Crippen LogP contribution in [0.25, 0.3) is 0 Å². The first kappa shape index (κ1) is 16.9. The summed E-state index contributed by atoms with van der Waals surface area (Å²) in [6.07, 6.45) is 3.72. The molecule has 0 bridgehead atoms. The van der Waals surface area contributed by atoms with E-state index in [0.29, 0.717) is 18.4 Å². The van der Waals surface area contributed by atoms with E-state index in [1.807, 2.05) is 6.07 Å². The maximum atomic E-state index is 11.7. The van der Waals surface area contributed by atoms with E-state index in [1.165, 1.54) is 25.1 Å². The zero-order valence-electron chi connectivity index (χ0n) is 14.4. The fourth-order valence-corrected chi connectivity index (χ4v) is 3.04. The van der Waals surface area contributed by atoms with E-state index in [2.05, 4.69) is 30.9 Å². The van der Waals surface area contributed by atoms with Crippen LogP contribution in [-0.4, -0.2) is 53.9 Å². The predicted molar refractivity (Wildman–Crippen MR) is 89.9 cm³/mol. The van der Waals surface area contributed by atoms with Crippen LogP contribution in [0.2, 0.25) is 0 Å². The molecule has 2 heterocycles. The Kier molecular flexibility index (Phi) is 5.95. The lowest BCUT2D eigenvalue weighted by Crippen LogP contribution is -2.39. The van der Waals surface area contributed by atoms with E-state index in [9.17, 15) is 4.79 Å². The SMILES string of the molecule is CC(C)N1CCC[C@H](c2cccc(CCC(=O)N(C)C)n2)C1. The highest BCUT2D eigenvalue weighted by molar-refractivity contribution is 5.75. The largest absolute Gasteiger partial charge is 0.349 e. The van der Waals surface area contributed by atoms with Crippen molar-refractivity contribution in [1.82, 2.24) is 14.8 Å². The zero-order valence-corrected chi connectivity index (χ0v) is 14.4. The molecule has 1 fully saturated rings. The summed E-state index contributed by atoms with van der Waals surface area (Å²) in [7, 11) is 3.60. The van der Waals surface area contributed by atoms with Crippen LogP contribution in [0.5, 0.6) is 0 Å². The van der Waals surface area contributed by atoms with Gasteiger partial charge in [-0.1, -0.05) is 6.07 Å². The van der Waals surface area contributed by atoms with Crippen molar-refractivity contribution < 1.29 is 4.79 Å². The Morgan fingerprint density at radius 3 is 2.86 bits per heavy atom. The van der Waals surface area contributed by atoms with Crippen LogP contribution >= 0.6 is 0 Å². The summed E-state index contributed by atoms with van der Waals surface area (Å²) in [6, 6.07) is 6.87. The van der Waals surface area contributed by atoms with E-state index in [-0.39, 0.29) is 5.91 Å². The Morgan fingerprint density at radius 2 is 2.18 bits per heavy atom. The van der Waals surface area contributed by atoms with Gasteiger partial charge in [0.2, 0.25) is 5.91 Å². The van der Waals surface area contributed by atoms with E-state index >= 15 is 0 Å². The van der Waals surface area contributed by atoms with Crippen molar-refractivity contribution in [2.45, 2.75) is 51.5 Å². The third kappa shape index (κ3) is 4.54. The molecule has 1 aromatic heterocycles. The number of aromatic nitrogens is 1. The number of aryl methyl sites for hydroxylation is 1. The Labute approximate surface area is 134 Å². The molecule has 1 aliphatic heterocycles. The molecule has 4 nitrogen and oxygen atoms in total. The average molecular weight is 303 g/mol. The normalized spacial score (nSPS) is 19.4. The number of nitrogens with zero attached hydrogens (tertiary/aromatic N) is 3. The van der Waals surface area contributed by atoms with Crippen molar-refractivity contribution in [1.29, 1.82) is 0 Å². The molecule has 1 saturated heterocycles. The number of rotatable bonds is 5. The zero-order chi connectivity index (χ0) is 16.1. The Bertz CT molecular complexity index is 499. The highest BCUT2D eigenvalue weighted by Gasteiger charge is 2.23. The number of amides is 1. The van der Waals surface area contributed by atoms with E-state index < -0.39 is 0 Å². The molecule has 0 saturated carbocycles. The van der Waals surface area contributed by atoms with E-state index in [1.54, 1.807) is 19.0 Å². The summed E-state index contributed by atoms with van der Waals surface area (Å²) in [6.45, 7) is 6.83. The van der Waals surface area contributed by atoms with Crippen LogP contribution in [-0.2, 0) is 11.2 Å². The van der Waals surface area contributed by atoms with Gasteiger partial charge < -0.3 is 9.80 Å². The van der Waals surface area contributed by atoms with Crippen LogP contribution < -0.4 is 0 Å². The average Bonchev–Trinajstić information content (AvgIpc) is 2.52. The van der Waals surface area contributed by atoms with Gasteiger partial charge in [-0.15, -0.1) is 0 Å². The van der Waals surface area contributed by atoms with E-state index in [0.717, 1.165) is 18.7 Å². The summed E-state index contributed by atoms with van der Waals surface area (Å²) < 4.78 is 0. The molecule has 22 heavy (non-hydrogen) atoms. The highest BCUT2D eigenvalue weighted by Crippen LogP contribution is 2.26. The molecule has 2 rings (SSSR count). The quantitative estimate of drug-likeness (QED) is 0.839. The van der Waals surface area contributed by atoms with Crippen LogP contribution in [0.15, 0.2) is 18.2 Å². The van der Waals surface area contributed by atoms with Crippen molar-refractivity contribution in [2.75, 3.05) is 27.2 Å². The van der Waals surface area contributed by atoms with Gasteiger partial charge in [0.05, 0.1) is 0 Å². The third-order valence-electron chi connectivity index (χ3n) is 4.52. The van der Waals surface area contributed by atoms with Gasteiger partial charge in [-0.3, -0.25) is 9.78 Å². The van der Waals surface area contributed by atoms with Crippen LogP contribution in [0.1, 0.15) is 50.4 Å². The van der Waals surface area contributed by atoms with Crippen LogP contribution in [0, 0.1) is 0 Å². The van der Waals surface area contributed by atoms with Gasteiger partial charge in [0.15, 0.2) is 0 Å². The summed E-state index contributed by atoms with van der Waals surface area (Å²) >= 11 is 0. The summed E-state index contributed by atoms with van der Waals surface area (Å²) in [5.74, 6) is 0.691. The monoisotopic (exact) mass is 303 g/mol. The van der Waals surface area contributed by atoms with Gasteiger partial charge in [0.1, 0.15) is 0 Å². The minimum absolute atomic E-state index is 0.163. The molecular weight excluding hydrogens is 274 g/mol. The van der Waals surface area contributed by atoms with Gasteiger partial charge in [-0.25, -0.2) is 0 Å². The fraction of sp³-hybridized carbons (Fsp3) is 0.667. The maximum Gasteiger partial charge on any atom is 0.222 e. The third-order valence-corrected chi connectivity index (χ3v) is 4.52. The van der Waals surface area contributed by atoms with Crippen molar-refractivity contribution in [2.24, 2.45) is 0 Å². The smallest absolute Gasteiger partial charge is 0.222 e. The van der Waals surface area contributed by atoms with E-state index in [4.69, 9.17) is 4.98 Å². The standard InChI is InChI=1S/C18H29N3O/c1-14(2)21-12-6-7-15(13-21)17-9-5-8-16(19-17)10-11-18(22)20(3)4/h5,8-9,14-15H,6-7,10-13H2,1-4H3/t15-/m0/s1. The Morgan fingerprint density at radius 1 is 1.41 bits per heavy atom. The van der Waals surface area contributed by atoms with Crippen molar-refractivity contribution in [3.05, 3.63) is 29.6 Å². The van der Waals surface area contributed by atoms with Crippen molar-refractivity contribution in [3.63, 3.8) is 0 Å². The number of hydrogen-bond acceptors (Lipinski definition) is 3. The van der Waals surface area contributed by atoms with Crippen molar-refractivity contribution >= 4 is 5.91 Å². The number of pyridine rings is 1. The second-order valence-corrected chi connectivity index (χ2v) is 6.77. The van der Waals surface area contributed by atoms with Crippen LogP contribution in [0.3, 0.4) is 0 Å². The number of piperidine rings is 1. The Balaban J connectivity index is 2.00. The number of likely N-dealkylation sites (tertiary alicyclic amines) is 1. The molecule has 1 amide bonds. The first-order chi connectivity index (χ1) is 10.5. The minimum atomic E-state index is 0.163. The first-order valence-electron chi connectivity index (χ1n) is 8.37. The van der Waals surface area contributed by atoms with Gasteiger partial charge in [-0.2, -0.15) is 0 Å². The second-order valence-electron chi connectivity index (χ2n) is 6.77. The molecule has 0 aliphatic carbocycles. The lowest BCUT2D eigenvalue weighted by atomic mass is 9.93. The van der Waals surface area contributed by atoms with Gasteiger partial charge in [0.25, 0.3) is 0 Å². The van der Waals surface area contributed by atoms with Crippen LogP contribution in [0.4, 0.5) is 0 Å². The molecule has 0 aromatic carbocycles. The molecule has 0 unspecified atom stereocenters. The number of hydrogen-bond donors (Lipinski definition) is 0. The molecule has 0 N–H and O–H groups in total. The lowest BCUT2D eigenvalue weighted by molar-refractivity contribution is -0.128. The minimum Gasteiger partial charge on any atom is -0.349 e. The predicted octanol–water partition coefficient (Wildman–Crippen LogP) is 2.69. The molecule has 4 heteroatoms. The fourth-order valence-electron chi connectivity index (χ4n) is 3.04. The molecule has 1 atom stereocenters. The molecule has 0 radical (unpaired) electrons. The molecular formula is C18H29N3O. The molecule has 1 aromatic rings. The first-order valence-corrected chi connectivity index (χ1v) is 8.37. The summed E-state index contributed by atoms with van der Waals surface area (Å²) in [5.41, 5.74) is 2.23. The van der Waals surface area contributed by atoms with Gasteiger partial charge in [-0.05, 0) is 51.8 Å². The summed E-state index contributed by atoms with van der Waals surface area (Å²) in [4.78, 5) is 20.7. The number of carbonyl (C=O) groups is 1. The molecule has 1 aliphatic rings. The maximum absolute atomic E-state index is 11.7. The second kappa shape index (κ2) is 7.73.